The number of hydrogen-bond acceptors (Lipinski definition) is 6. The molecule has 9 heteroatoms. The van der Waals surface area contributed by atoms with E-state index in [1.54, 1.807) is 25.1 Å². The molecular formula is C19H22N2O6S. The molecule has 0 bridgehead atoms. The number of benzene rings is 2. The fourth-order valence-corrected chi connectivity index (χ4v) is 4.03. The molecule has 1 saturated heterocycles. The average Bonchev–Trinajstić information content (AvgIpc) is 2.67. The lowest BCUT2D eigenvalue weighted by atomic mass is 10.2. The second-order valence-corrected chi connectivity index (χ2v) is 8.05. The van der Waals surface area contributed by atoms with Gasteiger partial charge < -0.3 is 19.5 Å². The van der Waals surface area contributed by atoms with Crippen molar-refractivity contribution in [2.75, 3.05) is 42.5 Å². The van der Waals surface area contributed by atoms with Crippen LogP contribution < -0.4 is 14.4 Å². The van der Waals surface area contributed by atoms with Crippen molar-refractivity contribution in [1.82, 2.24) is 0 Å². The fraction of sp³-hybridized carbons (Fsp3) is 0.316. The summed E-state index contributed by atoms with van der Waals surface area (Å²) in [6.07, 6.45) is 0. The number of carboxylic acids is 1. The highest BCUT2D eigenvalue weighted by Crippen LogP contribution is 2.25. The van der Waals surface area contributed by atoms with Crippen LogP contribution in [0.5, 0.6) is 5.75 Å². The Morgan fingerprint density at radius 2 is 1.96 bits per heavy atom. The molecule has 0 atom stereocenters. The van der Waals surface area contributed by atoms with E-state index in [2.05, 4.69) is 9.62 Å². The largest absolute Gasteiger partial charge is 0.482 e. The fourth-order valence-electron chi connectivity index (χ4n) is 2.89. The van der Waals surface area contributed by atoms with Gasteiger partial charge in [-0.25, -0.2) is 13.2 Å². The molecule has 150 valence electrons. The van der Waals surface area contributed by atoms with Crippen molar-refractivity contribution in [3.63, 3.8) is 0 Å². The molecule has 2 aromatic carbocycles. The highest BCUT2D eigenvalue weighted by molar-refractivity contribution is 7.92. The molecule has 0 amide bonds. The predicted octanol–water partition coefficient (Wildman–Crippen LogP) is 2.10. The first-order valence-corrected chi connectivity index (χ1v) is 10.2. The zero-order valence-electron chi connectivity index (χ0n) is 15.4. The molecule has 1 heterocycles. The van der Waals surface area contributed by atoms with E-state index in [0.717, 1.165) is 18.8 Å². The van der Waals surface area contributed by atoms with Crippen molar-refractivity contribution < 1.29 is 27.8 Å². The number of aliphatic carboxylic acids is 1. The normalized spacial score (nSPS) is 14.5. The van der Waals surface area contributed by atoms with E-state index in [1.807, 2.05) is 6.07 Å². The van der Waals surface area contributed by atoms with Crippen molar-refractivity contribution in [3.05, 3.63) is 48.0 Å². The number of aryl methyl sites for hydroxylation is 1. The minimum Gasteiger partial charge on any atom is -0.482 e. The molecule has 0 saturated carbocycles. The summed E-state index contributed by atoms with van der Waals surface area (Å²) in [5, 5.41) is 8.69. The summed E-state index contributed by atoms with van der Waals surface area (Å²) < 4.78 is 38.6. The maximum absolute atomic E-state index is 12.7. The van der Waals surface area contributed by atoms with Gasteiger partial charge in [-0.2, -0.15) is 0 Å². The monoisotopic (exact) mass is 406 g/mol. The summed E-state index contributed by atoms with van der Waals surface area (Å²) >= 11 is 0. The van der Waals surface area contributed by atoms with Gasteiger partial charge >= 0.3 is 5.97 Å². The standard InChI is InChI=1S/C19H22N2O6S/c1-14-11-17(5-6-18(14)27-13-19(22)23)28(24,25)20-15-3-2-4-16(12-15)21-7-9-26-10-8-21/h2-6,11-12,20H,7-10,13H2,1H3,(H,22,23). The maximum Gasteiger partial charge on any atom is 0.341 e. The zero-order chi connectivity index (χ0) is 20.1. The van der Waals surface area contributed by atoms with Gasteiger partial charge in [-0.05, 0) is 48.9 Å². The van der Waals surface area contributed by atoms with Crippen LogP contribution in [0, 0.1) is 6.92 Å². The third-order valence-electron chi connectivity index (χ3n) is 4.28. The van der Waals surface area contributed by atoms with Gasteiger partial charge in [0.25, 0.3) is 10.0 Å². The molecule has 8 nitrogen and oxygen atoms in total. The van der Waals surface area contributed by atoms with E-state index in [4.69, 9.17) is 14.6 Å². The van der Waals surface area contributed by atoms with Crippen LogP contribution in [0.25, 0.3) is 0 Å². The van der Waals surface area contributed by atoms with E-state index in [1.165, 1.54) is 18.2 Å². The Hall–Kier alpha value is -2.78. The van der Waals surface area contributed by atoms with E-state index >= 15 is 0 Å². The number of morpholine rings is 1. The second kappa shape index (κ2) is 8.49. The van der Waals surface area contributed by atoms with Gasteiger partial charge in [-0.15, -0.1) is 0 Å². The summed E-state index contributed by atoms with van der Waals surface area (Å²) in [6.45, 7) is 3.98. The number of anilines is 2. The van der Waals surface area contributed by atoms with Crippen molar-refractivity contribution in [2.24, 2.45) is 0 Å². The Bertz CT molecular complexity index is 955. The van der Waals surface area contributed by atoms with Gasteiger partial charge in [0.15, 0.2) is 6.61 Å². The van der Waals surface area contributed by atoms with Crippen LogP contribution in [0.15, 0.2) is 47.4 Å². The number of sulfonamides is 1. The van der Waals surface area contributed by atoms with E-state index < -0.39 is 22.6 Å². The Morgan fingerprint density at radius 3 is 2.64 bits per heavy atom. The number of carbonyl (C=O) groups is 1. The number of ether oxygens (including phenoxy) is 2. The summed E-state index contributed by atoms with van der Waals surface area (Å²) in [5.74, 6) is -0.770. The summed E-state index contributed by atoms with van der Waals surface area (Å²) in [6, 6.07) is 11.5. The number of nitrogens with zero attached hydrogens (tertiary/aromatic N) is 1. The van der Waals surface area contributed by atoms with Crippen LogP contribution >= 0.6 is 0 Å². The predicted molar refractivity (Wildman–Crippen MR) is 105 cm³/mol. The van der Waals surface area contributed by atoms with Gasteiger partial charge in [-0.3, -0.25) is 4.72 Å². The third kappa shape index (κ3) is 4.93. The van der Waals surface area contributed by atoms with Gasteiger partial charge in [0.05, 0.1) is 23.8 Å². The van der Waals surface area contributed by atoms with Crippen molar-refractivity contribution >= 4 is 27.4 Å². The molecule has 2 N–H and O–H groups in total. The third-order valence-corrected chi connectivity index (χ3v) is 5.66. The summed E-state index contributed by atoms with van der Waals surface area (Å²) in [7, 11) is -3.80. The Balaban J connectivity index is 1.76. The topological polar surface area (TPSA) is 105 Å². The Morgan fingerprint density at radius 1 is 1.21 bits per heavy atom. The molecule has 0 spiro atoms. The van der Waals surface area contributed by atoms with Gasteiger partial charge in [0.2, 0.25) is 0 Å². The van der Waals surface area contributed by atoms with Gasteiger partial charge in [-0.1, -0.05) is 6.07 Å². The van der Waals surface area contributed by atoms with Crippen LogP contribution in [0.2, 0.25) is 0 Å². The number of carboxylic acid groups (broad SMARTS) is 1. The smallest absolute Gasteiger partial charge is 0.341 e. The van der Waals surface area contributed by atoms with E-state index in [0.29, 0.717) is 30.2 Å². The SMILES string of the molecule is Cc1cc(S(=O)(=O)Nc2cccc(N3CCOCC3)c2)ccc1OCC(=O)O. The molecule has 0 aliphatic carbocycles. The molecule has 1 aliphatic rings. The van der Waals surface area contributed by atoms with Crippen LogP contribution in [-0.2, 0) is 19.6 Å². The lowest BCUT2D eigenvalue weighted by Gasteiger charge is -2.29. The van der Waals surface area contributed by atoms with E-state index in [9.17, 15) is 13.2 Å². The first-order valence-electron chi connectivity index (χ1n) is 8.76. The number of hydrogen-bond donors (Lipinski definition) is 2. The van der Waals surface area contributed by atoms with Crippen molar-refractivity contribution in [1.29, 1.82) is 0 Å². The molecule has 1 fully saturated rings. The minimum atomic E-state index is -3.80. The van der Waals surface area contributed by atoms with Crippen molar-refractivity contribution in [3.8, 4) is 5.75 Å². The highest BCUT2D eigenvalue weighted by atomic mass is 32.2. The Labute approximate surface area is 163 Å². The van der Waals surface area contributed by atoms with Gasteiger partial charge in [0.1, 0.15) is 5.75 Å². The van der Waals surface area contributed by atoms with E-state index in [-0.39, 0.29) is 4.90 Å². The maximum atomic E-state index is 12.7. The Kier molecular flexibility index (Phi) is 6.05. The summed E-state index contributed by atoms with van der Waals surface area (Å²) in [4.78, 5) is 12.8. The molecule has 0 aromatic heterocycles. The van der Waals surface area contributed by atoms with Crippen LogP contribution in [0.3, 0.4) is 0 Å². The van der Waals surface area contributed by atoms with Crippen LogP contribution in [0.1, 0.15) is 5.56 Å². The quantitative estimate of drug-likeness (QED) is 0.725. The number of rotatable bonds is 7. The molecule has 0 unspecified atom stereocenters. The number of nitrogens with one attached hydrogen (secondary N) is 1. The zero-order valence-corrected chi connectivity index (χ0v) is 16.2. The molecule has 0 radical (unpaired) electrons. The average molecular weight is 406 g/mol. The molecule has 1 aliphatic heterocycles. The molecule has 2 aromatic rings. The minimum absolute atomic E-state index is 0.0736. The first kappa shape index (κ1) is 20.0. The summed E-state index contributed by atoms with van der Waals surface area (Å²) in [5.41, 5.74) is 1.93. The second-order valence-electron chi connectivity index (χ2n) is 6.36. The highest BCUT2D eigenvalue weighted by Gasteiger charge is 2.17. The molecule has 3 rings (SSSR count). The lowest BCUT2D eigenvalue weighted by Crippen LogP contribution is -2.36. The van der Waals surface area contributed by atoms with Crippen molar-refractivity contribution in [2.45, 2.75) is 11.8 Å². The lowest BCUT2D eigenvalue weighted by molar-refractivity contribution is -0.139. The van der Waals surface area contributed by atoms with Gasteiger partial charge in [0, 0.05) is 18.8 Å². The molecular weight excluding hydrogens is 384 g/mol. The molecule has 28 heavy (non-hydrogen) atoms. The van der Waals surface area contributed by atoms with Crippen LogP contribution in [0.4, 0.5) is 11.4 Å². The van der Waals surface area contributed by atoms with Crippen LogP contribution in [-0.4, -0.2) is 52.4 Å². The first-order chi connectivity index (χ1) is 13.3.